The van der Waals surface area contributed by atoms with Gasteiger partial charge in [-0.15, -0.1) is 0 Å². The topological polar surface area (TPSA) is 29.3 Å². The van der Waals surface area contributed by atoms with Gasteiger partial charge in [0.1, 0.15) is 0 Å². The summed E-state index contributed by atoms with van der Waals surface area (Å²) in [7, 11) is 2.25. The van der Waals surface area contributed by atoms with Crippen LogP contribution < -0.4 is 5.73 Å². The van der Waals surface area contributed by atoms with Crippen LogP contribution in [0.15, 0.2) is 0 Å². The van der Waals surface area contributed by atoms with E-state index in [9.17, 15) is 0 Å². The SMILES string of the molecule is CCCCCN(C)C(CC)(CN)CCCC. The van der Waals surface area contributed by atoms with Gasteiger partial charge in [-0.1, -0.05) is 46.5 Å². The van der Waals surface area contributed by atoms with Crippen molar-refractivity contribution < 1.29 is 0 Å². The maximum absolute atomic E-state index is 6.02. The molecule has 1 atom stereocenters. The lowest BCUT2D eigenvalue weighted by Gasteiger charge is -2.41. The molecular weight excluding hydrogens is 196 g/mol. The summed E-state index contributed by atoms with van der Waals surface area (Å²) in [5.41, 5.74) is 6.28. The second kappa shape index (κ2) is 9.00. The van der Waals surface area contributed by atoms with Crippen LogP contribution in [0.1, 0.15) is 65.7 Å². The van der Waals surface area contributed by atoms with E-state index in [4.69, 9.17) is 5.73 Å². The van der Waals surface area contributed by atoms with E-state index in [2.05, 4.69) is 32.7 Å². The van der Waals surface area contributed by atoms with Crippen LogP contribution in [-0.2, 0) is 0 Å². The zero-order chi connectivity index (χ0) is 12.4. The van der Waals surface area contributed by atoms with Gasteiger partial charge < -0.3 is 5.73 Å². The summed E-state index contributed by atoms with van der Waals surface area (Å²) in [6.45, 7) is 8.79. The van der Waals surface area contributed by atoms with E-state index in [-0.39, 0.29) is 5.54 Å². The predicted molar refractivity (Wildman–Crippen MR) is 73.8 cm³/mol. The highest BCUT2D eigenvalue weighted by molar-refractivity contribution is 4.88. The number of nitrogens with zero attached hydrogens (tertiary/aromatic N) is 1. The molecule has 0 rings (SSSR count). The summed E-state index contributed by atoms with van der Waals surface area (Å²) >= 11 is 0. The molecule has 2 heteroatoms. The van der Waals surface area contributed by atoms with Gasteiger partial charge >= 0.3 is 0 Å². The molecule has 16 heavy (non-hydrogen) atoms. The second-order valence-electron chi connectivity index (χ2n) is 5.01. The lowest BCUT2D eigenvalue weighted by atomic mass is 9.88. The molecule has 1 unspecified atom stereocenters. The number of hydrogen-bond acceptors (Lipinski definition) is 2. The Kier molecular flexibility index (Phi) is 8.96. The molecular formula is C14H32N2. The third-order valence-electron chi connectivity index (χ3n) is 3.94. The summed E-state index contributed by atoms with van der Waals surface area (Å²) in [6, 6.07) is 0. The van der Waals surface area contributed by atoms with Crippen LogP contribution in [-0.4, -0.2) is 30.6 Å². The van der Waals surface area contributed by atoms with Crippen LogP contribution in [0.5, 0.6) is 0 Å². The zero-order valence-electron chi connectivity index (χ0n) is 11.9. The fourth-order valence-corrected chi connectivity index (χ4v) is 2.38. The number of rotatable bonds is 10. The third-order valence-corrected chi connectivity index (χ3v) is 3.94. The highest BCUT2D eigenvalue weighted by Gasteiger charge is 2.29. The van der Waals surface area contributed by atoms with Crippen molar-refractivity contribution in [2.75, 3.05) is 20.1 Å². The second-order valence-corrected chi connectivity index (χ2v) is 5.01. The largest absolute Gasteiger partial charge is 0.329 e. The Morgan fingerprint density at radius 3 is 2.06 bits per heavy atom. The Morgan fingerprint density at radius 2 is 1.62 bits per heavy atom. The summed E-state index contributed by atoms with van der Waals surface area (Å²) in [5, 5.41) is 0. The first-order valence-electron chi connectivity index (χ1n) is 7.08. The average Bonchev–Trinajstić information content (AvgIpc) is 2.31. The van der Waals surface area contributed by atoms with Crippen LogP contribution in [0.25, 0.3) is 0 Å². The smallest absolute Gasteiger partial charge is 0.0326 e. The monoisotopic (exact) mass is 228 g/mol. The first kappa shape index (κ1) is 15.9. The van der Waals surface area contributed by atoms with Gasteiger partial charge in [-0.05, 0) is 32.9 Å². The minimum atomic E-state index is 0.254. The van der Waals surface area contributed by atoms with E-state index in [1.54, 1.807) is 0 Å². The van der Waals surface area contributed by atoms with Gasteiger partial charge in [0.25, 0.3) is 0 Å². The van der Waals surface area contributed by atoms with Crippen LogP contribution in [0.4, 0.5) is 0 Å². The van der Waals surface area contributed by atoms with E-state index in [1.807, 2.05) is 0 Å². The van der Waals surface area contributed by atoms with Crippen molar-refractivity contribution in [3.05, 3.63) is 0 Å². The lowest BCUT2D eigenvalue weighted by Crippen LogP contribution is -2.52. The van der Waals surface area contributed by atoms with E-state index in [1.165, 1.54) is 51.5 Å². The van der Waals surface area contributed by atoms with Crippen molar-refractivity contribution in [2.24, 2.45) is 5.73 Å². The van der Waals surface area contributed by atoms with Crippen molar-refractivity contribution in [2.45, 2.75) is 71.3 Å². The van der Waals surface area contributed by atoms with Crippen LogP contribution >= 0.6 is 0 Å². The highest BCUT2D eigenvalue weighted by atomic mass is 15.2. The van der Waals surface area contributed by atoms with E-state index in [0.29, 0.717) is 0 Å². The molecule has 0 amide bonds. The molecule has 0 radical (unpaired) electrons. The number of unbranched alkanes of at least 4 members (excludes halogenated alkanes) is 3. The van der Waals surface area contributed by atoms with Gasteiger partial charge in [0.2, 0.25) is 0 Å². The standard InChI is InChI=1S/C14H32N2/c1-5-8-10-12-16(4)14(7-3,13-15)11-9-6-2/h5-13,15H2,1-4H3. The number of hydrogen-bond donors (Lipinski definition) is 1. The molecule has 0 bridgehead atoms. The third kappa shape index (κ3) is 4.84. The van der Waals surface area contributed by atoms with Crippen LogP contribution in [0.2, 0.25) is 0 Å². The van der Waals surface area contributed by atoms with E-state index in [0.717, 1.165) is 6.54 Å². The molecule has 98 valence electrons. The summed E-state index contributed by atoms with van der Waals surface area (Å²) in [5.74, 6) is 0. The van der Waals surface area contributed by atoms with Crippen molar-refractivity contribution >= 4 is 0 Å². The molecule has 0 saturated carbocycles. The highest BCUT2D eigenvalue weighted by Crippen LogP contribution is 2.24. The Hall–Kier alpha value is -0.0800. The maximum atomic E-state index is 6.02. The molecule has 0 aliphatic rings. The van der Waals surface area contributed by atoms with Crippen molar-refractivity contribution in [3.63, 3.8) is 0 Å². The van der Waals surface area contributed by atoms with Gasteiger partial charge in [0.15, 0.2) is 0 Å². The molecule has 0 aromatic carbocycles. The van der Waals surface area contributed by atoms with E-state index < -0.39 is 0 Å². The van der Waals surface area contributed by atoms with Crippen molar-refractivity contribution in [3.8, 4) is 0 Å². The molecule has 0 aromatic rings. The lowest BCUT2D eigenvalue weighted by molar-refractivity contribution is 0.105. The molecule has 2 nitrogen and oxygen atoms in total. The van der Waals surface area contributed by atoms with Gasteiger partial charge in [-0.3, -0.25) is 4.90 Å². The first-order chi connectivity index (χ1) is 7.66. The van der Waals surface area contributed by atoms with Gasteiger partial charge in [0.05, 0.1) is 0 Å². The fraction of sp³-hybridized carbons (Fsp3) is 1.00. The Bertz CT molecular complexity index is 153. The van der Waals surface area contributed by atoms with Crippen LogP contribution in [0.3, 0.4) is 0 Å². The molecule has 0 aliphatic heterocycles. The molecule has 0 heterocycles. The van der Waals surface area contributed by atoms with Gasteiger partial charge in [-0.25, -0.2) is 0 Å². The van der Waals surface area contributed by atoms with Gasteiger partial charge in [0, 0.05) is 12.1 Å². The average molecular weight is 228 g/mol. The summed E-state index contributed by atoms with van der Waals surface area (Å²) < 4.78 is 0. The van der Waals surface area contributed by atoms with Crippen molar-refractivity contribution in [1.29, 1.82) is 0 Å². The normalized spacial score (nSPS) is 15.4. The fourth-order valence-electron chi connectivity index (χ4n) is 2.38. The Morgan fingerprint density at radius 1 is 1.00 bits per heavy atom. The molecule has 0 fully saturated rings. The van der Waals surface area contributed by atoms with Gasteiger partial charge in [-0.2, -0.15) is 0 Å². The minimum Gasteiger partial charge on any atom is -0.329 e. The number of likely N-dealkylation sites (N-methyl/N-ethyl adjacent to an activating group) is 1. The Labute approximate surface area is 103 Å². The number of nitrogens with two attached hydrogens (primary N) is 1. The molecule has 0 aromatic heterocycles. The molecule has 0 saturated heterocycles. The molecule has 0 aliphatic carbocycles. The van der Waals surface area contributed by atoms with E-state index >= 15 is 0 Å². The minimum absolute atomic E-state index is 0.254. The summed E-state index contributed by atoms with van der Waals surface area (Å²) in [4.78, 5) is 2.51. The molecule has 2 N–H and O–H groups in total. The zero-order valence-corrected chi connectivity index (χ0v) is 11.9. The summed E-state index contributed by atoms with van der Waals surface area (Å²) in [6.07, 6.45) is 8.92. The predicted octanol–water partition coefficient (Wildman–Crippen LogP) is 3.41. The van der Waals surface area contributed by atoms with Crippen LogP contribution in [0, 0.1) is 0 Å². The maximum Gasteiger partial charge on any atom is 0.0326 e. The Balaban J connectivity index is 4.24. The first-order valence-corrected chi connectivity index (χ1v) is 7.08. The molecule has 0 spiro atoms. The quantitative estimate of drug-likeness (QED) is 0.581. The van der Waals surface area contributed by atoms with Crippen molar-refractivity contribution in [1.82, 2.24) is 4.90 Å².